The van der Waals surface area contributed by atoms with Gasteiger partial charge in [0.2, 0.25) is 0 Å². The van der Waals surface area contributed by atoms with Gasteiger partial charge in [-0.3, -0.25) is 14.7 Å². The summed E-state index contributed by atoms with van der Waals surface area (Å²) in [5.74, 6) is 0.115. The fourth-order valence-corrected chi connectivity index (χ4v) is 2.44. The average Bonchev–Trinajstić information content (AvgIpc) is 2.89. The van der Waals surface area contributed by atoms with E-state index in [0.717, 1.165) is 12.0 Å². The molecule has 1 aromatic heterocycles. The predicted molar refractivity (Wildman–Crippen MR) is 98.1 cm³/mol. The summed E-state index contributed by atoms with van der Waals surface area (Å²) in [5.41, 5.74) is 7.45. The van der Waals surface area contributed by atoms with E-state index in [1.165, 1.54) is 10.7 Å². The van der Waals surface area contributed by atoms with Crippen LogP contribution in [0.15, 0.2) is 35.1 Å². The molecule has 0 saturated carbocycles. The molecule has 1 aromatic carbocycles. The minimum atomic E-state index is -0.316. The van der Waals surface area contributed by atoms with Crippen molar-refractivity contribution in [2.45, 2.75) is 33.2 Å². The number of nitrogens with two attached hydrogens (primary N) is 1. The van der Waals surface area contributed by atoms with Crippen LogP contribution in [0.4, 0.5) is 0 Å². The highest BCUT2D eigenvalue weighted by Crippen LogP contribution is 2.08. The van der Waals surface area contributed by atoms with Gasteiger partial charge in [0.1, 0.15) is 5.69 Å². The van der Waals surface area contributed by atoms with Crippen molar-refractivity contribution in [2.75, 3.05) is 6.54 Å². The van der Waals surface area contributed by atoms with Gasteiger partial charge in [0, 0.05) is 18.7 Å². The summed E-state index contributed by atoms with van der Waals surface area (Å²) in [6.45, 7) is 6.49. The van der Waals surface area contributed by atoms with Gasteiger partial charge in [-0.1, -0.05) is 31.5 Å². The van der Waals surface area contributed by atoms with E-state index in [1.54, 1.807) is 0 Å². The Kier molecular flexibility index (Phi) is 7.25. The first-order chi connectivity index (χ1) is 10.9. The first kappa shape index (κ1) is 20.0. The first-order valence-corrected chi connectivity index (χ1v) is 7.80. The Morgan fingerprint density at radius 2 is 1.92 bits per heavy atom. The minimum Gasteiger partial charge on any atom is -0.347 e. The number of benzene rings is 1. The number of nitrogens with zero attached hydrogens (tertiary/aromatic N) is 1. The van der Waals surface area contributed by atoms with Crippen molar-refractivity contribution in [3.8, 4) is 5.69 Å². The van der Waals surface area contributed by atoms with E-state index in [9.17, 15) is 9.59 Å². The number of amides is 1. The van der Waals surface area contributed by atoms with Gasteiger partial charge in [0.05, 0.1) is 5.69 Å². The van der Waals surface area contributed by atoms with E-state index >= 15 is 0 Å². The topological polar surface area (TPSA) is 92.9 Å². The molecule has 132 valence electrons. The van der Waals surface area contributed by atoms with Gasteiger partial charge in [-0.25, -0.2) is 4.68 Å². The molecule has 0 aliphatic carbocycles. The fraction of sp³-hybridized carbons (Fsp3) is 0.412. The van der Waals surface area contributed by atoms with Crippen LogP contribution in [-0.2, 0) is 0 Å². The zero-order valence-corrected chi connectivity index (χ0v) is 15.0. The van der Waals surface area contributed by atoms with Crippen LogP contribution < -0.4 is 16.6 Å². The fourth-order valence-electron chi connectivity index (χ4n) is 2.44. The van der Waals surface area contributed by atoms with E-state index in [2.05, 4.69) is 24.3 Å². The molecule has 0 spiro atoms. The number of aromatic amines is 1. The SMILES string of the molecule is Cc1ccc(-n2[nH]c(C(=O)NC(CN)CC(C)C)cc2=O)cc1.Cl. The maximum Gasteiger partial charge on any atom is 0.271 e. The average molecular weight is 353 g/mol. The van der Waals surface area contributed by atoms with Crippen molar-refractivity contribution in [3.05, 3.63) is 51.9 Å². The van der Waals surface area contributed by atoms with Crippen LogP contribution in [0.5, 0.6) is 0 Å². The van der Waals surface area contributed by atoms with Crippen molar-refractivity contribution in [1.29, 1.82) is 0 Å². The van der Waals surface area contributed by atoms with Crippen LogP contribution in [0, 0.1) is 12.8 Å². The van der Waals surface area contributed by atoms with Gasteiger partial charge in [0.25, 0.3) is 11.5 Å². The van der Waals surface area contributed by atoms with Crippen molar-refractivity contribution in [2.24, 2.45) is 11.7 Å². The van der Waals surface area contributed by atoms with E-state index in [0.29, 0.717) is 18.2 Å². The molecule has 2 aromatic rings. The third-order valence-corrected chi connectivity index (χ3v) is 3.63. The van der Waals surface area contributed by atoms with Crippen LogP contribution in [0.25, 0.3) is 5.69 Å². The largest absolute Gasteiger partial charge is 0.347 e. The van der Waals surface area contributed by atoms with Crippen LogP contribution in [0.1, 0.15) is 36.3 Å². The van der Waals surface area contributed by atoms with Crippen molar-refractivity contribution >= 4 is 18.3 Å². The standard InChI is InChI=1S/C17H24N4O2.ClH/c1-11(2)8-13(10-18)19-17(23)15-9-16(22)21(20-15)14-6-4-12(3)5-7-14;/h4-7,9,11,13,20H,8,10,18H2,1-3H3,(H,19,23);1H. The Bertz CT molecular complexity index is 719. The highest BCUT2D eigenvalue weighted by molar-refractivity contribution is 5.92. The number of nitrogens with one attached hydrogen (secondary N) is 2. The summed E-state index contributed by atoms with van der Waals surface area (Å²) >= 11 is 0. The van der Waals surface area contributed by atoms with E-state index in [1.807, 2.05) is 31.2 Å². The van der Waals surface area contributed by atoms with Gasteiger partial charge in [-0.2, -0.15) is 0 Å². The lowest BCUT2D eigenvalue weighted by Gasteiger charge is -2.18. The van der Waals surface area contributed by atoms with Crippen molar-refractivity contribution in [3.63, 3.8) is 0 Å². The molecule has 24 heavy (non-hydrogen) atoms. The lowest BCUT2D eigenvalue weighted by molar-refractivity contribution is 0.0928. The number of aryl methyl sites for hydroxylation is 1. The number of rotatable bonds is 6. The number of halogens is 1. The second-order valence-corrected chi connectivity index (χ2v) is 6.21. The summed E-state index contributed by atoms with van der Waals surface area (Å²) in [5, 5.41) is 5.72. The molecule has 7 heteroatoms. The Hall–Kier alpha value is -2.05. The summed E-state index contributed by atoms with van der Waals surface area (Å²) in [7, 11) is 0. The van der Waals surface area contributed by atoms with Crippen molar-refractivity contribution < 1.29 is 4.79 Å². The Labute approximate surface area is 147 Å². The van der Waals surface area contributed by atoms with Gasteiger partial charge < -0.3 is 11.1 Å². The maximum atomic E-state index is 12.3. The monoisotopic (exact) mass is 352 g/mol. The van der Waals surface area contributed by atoms with Gasteiger partial charge >= 0.3 is 0 Å². The smallest absolute Gasteiger partial charge is 0.271 e. The van der Waals surface area contributed by atoms with E-state index < -0.39 is 0 Å². The molecule has 0 aliphatic heterocycles. The molecule has 4 N–H and O–H groups in total. The van der Waals surface area contributed by atoms with Crippen LogP contribution in [0.3, 0.4) is 0 Å². The Morgan fingerprint density at radius 3 is 2.46 bits per heavy atom. The van der Waals surface area contributed by atoms with Crippen LogP contribution in [-0.4, -0.2) is 28.3 Å². The number of carbonyl (C=O) groups is 1. The van der Waals surface area contributed by atoms with Gasteiger partial charge in [-0.15, -0.1) is 12.4 Å². The summed E-state index contributed by atoms with van der Waals surface area (Å²) in [4.78, 5) is 24.4. The minimum absolute atomic E-state index is 0. The molecule has 0 aliphatic rings. The first-order valence-electron chi connectivity index (χ1n) is 7.80. The molecule has 1 atom stereocenters. The predicted octanol–water partition coefficient (Wildman–Crippen LogP) is 2.00. The normalized spacial score (nSPS) is 11.9. The second-order valence-electron chi connectivity index (χ2n) is 6.21. The molecular weight excluding hydrogens is 328 g/mol. The van der Waals surface area contributed by atoms with Gasteiger partial charge in [-0.05, 0) is 31.4 Å². The molecule has 0 radical (unpaired) electrons. The van der Waals surface area contributed by atoms with Crippen LogP contribution >= 0.6 is 12.4 Å². The quantitative estimate of drug-likeness (QED) is 0.742. The van der Waals surface area contributed by atoms with E-state index in [-0.39, 0.29) is 35.6 Å². The summed E-state index contributed by atoms with van der Waals surface area (Å²) in [6, 6.07) is 8.68. The molecule has 1 amide bonds. The second kappa shape index (κ2) is 8.70. The Balaban J connectivity index is 0.00000288. The molecule has 0 fully saturated rings. The third-order valence-electron chi connectivity index (χ3n) is 3.63. The van der Waals surface area contributed by atoms with Gasteiger partial charge in [0.15, 0.2) is 0 Å². The van der Waals surface area contributed by atoms with Crippen LogP contribution in [0.2, 0.25) is 0 Å². The molecule has 2 rings (SSSR count). The Morgan fingerprint density at radius 1 is 1.29 bits per heavy atom. The highest BCUT2D eigenvalue weighted by Gasteiger charge is 2.16. The van der Waals surface area contributed by atoms with Crippen molar-refractivity contribution in [1.82, 2.24) is 15.1 Å². The number of H-pyrrole nitrogens is 1. The highest BCUT2D eigenvalue weighted by atomic mass is 35.5. The van der Waals surface area contributed by atoms with E-state index in [4.69, 9.17) is 5.73 Å². The number of hydrogen-bond acceptors (Lipinski definition) is 3. The summed E-state index contributed by atoms with van der Waals surface area (Å²) < 4.78 is 1.36. The molecule has 0 bridgehead atoms. The molecule has 1 unspecified atom stereocenters. The summed E-state index contributed by atoms with van der Waals surface area (Å²) in [6.07, 6.45) is 0.797. The number of aromatic nitrogens is 2. The lowest BCUT2D eigenvalue weighted by atomic mass is 10.0. The maximum absolute atomic E-state index is 12.3. The number of hydrogen-bond donors (Lipinski definition) is 3. The number of carbonyl (C=O) groups excluding carboxylic acids is 1. The molecule has 1 heterocycles. The zero-order valence-electron chi connectivity index (χ0n) is 14.2. The third kappa shape index (κ3) is 4.97. The molecule has 6 nitrogen and oxygen atoms in total. The molecule has 0 saturated heterocycles. The zero-order chi connectivity index (χ0) is 17.0. The lowest BCUT2D eigenvalue weighted by Crippen LogP contribution is -2.41. The molecular formula is C17H25ClN4O2.